The van der Waals surface area contributed by atoms with E-state index < -0.39 is 0 Å². The maximum atomic E-state index is 6.03. The van der Waals surface area contributed by atoms with Gasteiger partial charge in [-0.05, 0) is 73.5 Å². The highest BCUT2D eigenvalue weighted by Crippen LogP contribution is 2.32. The lowest BCUT2D eigenvalue weighted by Crippen LogP contribution is -2.18. The Morgan fingerprint density at radius 1 is 1.00 bits per heavy atom. The number of benzene rings is 2. The number of nitrogens with two attached hydrogens (primary N) is 1. The van der Waals surface area contributed by atoms with Crippen molar-refractivity contribution in [1.29, 1.82) is 0 Å². The molecule has 0 bridgehead atoms. The first kappa shape index (κ1) is 23.3. The van der Waals surface area contributed by atoms with Gasteiger partial charge in [0.15, 0.2) is 5.13 Å². The Kier molecular flexibility index (Phi) is 6.34. The van der Waals surface area contributed by atoms with Gasteiger partial charge < -0.3 is 16.4 Å². The van der Waals surface area contributed by atoms with Crippen LogP contribution >= 0.6 is 11.3 Å². The zero-order valence-corrected chi connectivity index (χ0v) is 21.3. The molecule has 37 heavy (non-hydrogen) atoms. The van der Waals surface area contributed by atoms with Crippen LogP contribution in [0.15, 0.2) is 85.8 Å². The third-order valence-corrected chi connectivity index (χ3v) is 7.61. The van der Waals surface area contributed by atoms with Gasteiger partial charge in [-0.2, -0.15) is 0 Å². The summed E-state index contributed by atoms with van der Waals surface area (Å²) >= 11 is 1.61. The molecular weight excluding hydrogens is 478 g/mol. The number of nitrogens with one attached hydrogen (secondary N) is 2. The summed E-state index contributed by atoms with van der Waals surface area (Å²) in [7, 11) is 0. The number of likely N-dealkylation sites (tertiary alicyclic amines) is 1. The monoisotopic (exact) mass is 507 g/mol. The zero-order chi connectivity index (χ0) is 25.2. The van der Waals surface area contributed by atoms with Crippen LogP contribution in [0.2, 0.25) is 0 Å². The van der Waals surface area contributed by atoms with Crippen molar-refractivity contribution in [2.75, 3.05) is 29.5 Å². The van der Waals surface area contributed by atoms with E-state index in [2.05, 4.69) is 54.8 Å². The molecule has 0 aliphatic carbocycles. The highest BCUT2D eigenvalue weighted by atomic mass is 32.1. The van der Waals surface area contributed by atoms with Crippen molar-refractivity contribution < 1.29 is 0 Å². The Bertz CT molecular complexity index is 1540. The fraction of sp³-hybridized carbons (Fsp3) is 0.172. The first-order valence-corrected chi connectivity index (χ1v) is 13.3. The number of nitrogen functional groups attached to an aromatic ring is 1. The van der Waals surface area contributed by atoms with E-state index in [1.165, 1.54) is 31.5 Å². The summed E-state index contributed by atoms with van der Waals surface area (Å²) in [6.45, 7) is 7.54. The molecule has 2 aromatic carbocycles. The molecular formula is C29H29N7S. The standard InChI is InChI=1S/C29H29N7S/c1-20(33-25-7-3-2-6-24(25)30)22-8-10-23(11-9-22)34-29-32-18-27(37-29)26-17-31-28-16-21(12-15-36(26)28)19-35-13-4-5-14-35/h2-3,6-12,15-18,33H,1,4-5,13-14,19,30H2,(H,32,34). The molecule has 0 radical (unpaired) electrons. The number of fused-ring (bicyclic) bond motifs is 1. The molecule has 1 aliphatic heterocycles. The van der Waals surface area contributed by atoms with E-state index in [1.807, 2.05) is 60.9 Å². The average Bonchev–Trinajstić information content (AvgIpc) is 3.67. The van der Waals surface area contributed by atoms with Crippen molar-refractivity contribution >= 4 is 44.9 Å². The third-order valence-electron chi connectivity index (χ3n) is 6.67. The zero-order valence-electron chi connectivity index (χ0n) is 20.5. The number of thiazole rings is 1. The maximum Gasteiger partial charge on any atom is 0.187 e. The van der Waals surface area contributed by atoms with Gasteiger partial charge in [-0.25, -0.2) is 9.97 Å². The van der Waals surface area contributed by atoms with E-state index in [0.717, 1.165) is 50.5 Å². The van der Waals surface area contributed by atoms with Crippen LogP contribution in [0.5, 0.6) is 0 Å². The number of para-hydroxylation sites is 2. The summed E-state index contributed by atoms with van der Waals surface area (Å²) in [6, 6.07) is 20.1. The van der Waals surface area contributed by atoms with Crippen LogP contribution in [0.3, 0.4) is 0 Å². The summed E-state index contributed by atoms with van der Waals surface area (Å²) < 4.78 is 2.14. The molecule has 0 amide bonds. The summed E-state index contributed by atoms with van der Waals surface area (Å²) in [5.41, 5.74) is 13.6. The molecule has 0 unspecified atom stereocenters. The van der Waals surface area contributed by atoms with E-state index in [1.54, 1.807) is 11.3 Å². The summed E-state index contributed by atoms with van der Waals surface area (Å²) in [4.78, 5) is 12.8. The van der Waals surface area contributed by atoms with Crippen molar-refractivity contribution in [2.24, 2.45) is 0 Å². The Morgan fingerprint density at radius 3 is 2.62 bits per heavy atom. The highest BCUT2D eigenvalue weighted by molar-refractivity contribution is 7.18. The lowest BCUT2D eigenvalue weighted by molar-refractivity contribution is 0.331. The molecule has 5 aromatic rings. The minimum atomic E-state index is 0.690. The largest absolute Gasteiger partial charge is 0.397 e. The molecule has 8 heteroatoms. The van der Waals surface area contributed by atoms with Crippen LogP contribution in [0.4, 0.5) is 22.2 Å². The number of nitrogens with zero attached hydrogens (tertiary/aromatic N) is 4. The molecule has 6 rings (SSSR count). The normalized spacial score (nSPS) is 13.7. The van der Waals surface area contributed by atoms with Crippen LogP contribution in [0, 0.1) is 0 Å². The molecule has 4 N–H and O–H groups in total. The predicted octanol–water partition coefficient (Wildman–Crippen LogP) is 6.46. The second-order valence-corrected chi connectivity index (χ2v) is 10.3. The third kappa shape index (κ3) is 5.07. The van der Waals surface area contributed by atoms with E-state index in [0.29, 0.717) is 5.69 Å². The van der Waals surface area contributed by atoms with Gasteiger partial charge in [0.1, 0.15) is 5.65 Å². The van der Waals surface area contributed by atoms with Crippen molar-refractivity contribution in [2.45, 2.75) is 19.4 Å². The molecule has 0 saturated carbocycles. The van der Waals surface area contributed by atoms with Crippen LogP contribution < -0.4 is 16.4 Å². The van der Waals surface area contributed by atoms with Crippen molar-refractivity contribution in [3.05, 3.63) is 97.0 Å². The number of aromatic nitrogens is 3. The lowest BCUT2D eigenvalue weighted by Gasteiger charge is -2.14. The van der Waals surface area contributed by atoms with E-state index in [4.69, 9.17) is 5.73 Å². The second kappa shape index (κ2) is 10.1. The second-order valence-electron chi connectivity index (χ2n) is 9.31. The van der Waals surface area contributed by atoms with Gasteiger partial charge >= 0.3 is 0 Å². The summed E-state index contributed by atoms with van der Waals surface area (Å²) in [5.74, 6) is 0. The quantitative estimate of drug-likeness (QED) is 0.209. The van der Waals surface area contributed by atoms with Crippen molar-refractivity contribution in [3.63, 3.8) is 0 Å². The number of hydrogen-bond acceptors (Lipinski definition) is 7. The van der Waals surface area contributed by atoms with Gasteiger partial charge in [0.25, 0.3) is 0 Å². The van der Waals surface area contributed by atoms with Gasteiger partial charge in [-0.3, -0.25) is 9.30 Å². The van der Waals surface area contributed by atoms with E-state index in [-0.39, 0.29) is 0 Å². The molecule has 7 nitrogen and oxygen atoms in total. The van der Waals surface area contributed by atoms with Crippen LogP contribution in [-0.4, -0.2) is 32.4 Å². The van der Waals surface area contributed by atoms with Crippen molar-refractivity contribution in [3.8, 4) is 10.6 Å². The minimum absolute atomic E-state index is 0.690. The first-order valence-electron chi connectivity index (χ1n) is 12.4. The number of imidazole rings is 1. The molecule has 3 aromatic heterocycles. The van der Waals surface area contributed by atoms with Crippen LogP contribution in [-0.2, 0) is 6.54 Å². The lowest BCUT2D eigenvalue weighted by atomic mass is 10.1. The summed E-state index contributed by atoms with van der Waals surface area (Å²) in [5, 5.41) is 7.53. The van der Waals surface area contributed by atoms with Crippen LogP contribution in [0.25, 0.3) is 21.9 Å². The van der Waals surface area contributed by atoms with Gasteiger partial charge in [-0.1, -0.05) is 42.2 Å². The Balaban J connectivity index is 1.13. The van der Waals surface area contributed by atoms with E-state index in [9.17, 15) is 0 Å². The summed E-state index contributed by atoms with van der Waals surface area (Å²) in [6.07, 6.45) is 8.56. The van der Waals surface area contributed by atoms with Gasteiger partial charge in [0.05, 0.1) is 28.1 Å². The molecule has 0 spiro atoms. The van der Waals surface area contributed by atoms with Crippen LogP contribution in [0.1, 0.15) is 24.0 Å². The number of hydrogen-bond donors (Lipinski definition) is 3. The molecule has 1 saturated heterocycles. The Morgan fingerprint density at radius 2 is 1.81 bits per heavy atom. The molecule has 186 valence electrons. The SMILES string of the molecule is C=C(Nc1ccccc1N)c1ccc(Nc2ncc(-c3cnc4cc(CN5CCCC5)ccn34)s2)cc1. The fourth-order valence-corrected chi connectivity index (χ4v) is 5.52. The molecule has 1 aliphatic rings. The fourth-order valence-electron chi connectivity index (χ4n) is 4.68. The highest BCUT2D eigenvalue weighted by Gasteiger charge is 2.14. The average molecular weight is 508 g/mol. The molecule has 4 heterocycles. The van der Waals surface area contributed by atoms with Crippen molar-refractivity contribution in [1.82, 2.24) is 19.3 Å². The topological polar surface area (TPSA) is 83.5 Å². The van der Waals surface area contributed by atoms with E-state index >= 15 is 0 Å². The first-order chi connectivity index (χ1) is 18.1. The van der Waals surface area contributed by atoms with Gasteiger partial charge in [-0.15, -0.1) is 0 Å². The molecule has 0 atom stereocenters. The number of anilines is 4. The smallest absolute Gasteiger partial charge is 0.187 e. The molecule has 1 fully saturated rings. The minimum Gasteiger partial charge on any atom is -0.397 e. The predicted molar refractivity (Wildman–Crippen MR) is 154 cm³/mol. The Labute approximate surface area is 220 Å². The number of rotatable bonds is 8. The Hall–Kier alpha value is -4.14. The van der Waals surface area contributed by atoms with Gasteiger partial charge in [0, 0.05) is 30.3 Å². The maximum absolute atomic E-state index is 6.03. The number of pyridine rings is 1. The van der Waals surface area contributed by atoms with Gasteiger partial charge in [0.2, 0.25) is 0 Å².